The molecular formula is C32H30N2O6P2. The first kappa shape index (κ1) is 29.2. The van der Waals surface area contributed by atoms with Crippen LogP contribution in [0.25, 0.3) is 0 Å². The van der Waals surface area contributed by atoms with Gasteiger partial charge in [0.15, 0.2) is 11.6 Å². The summed E-state index contributed by atoms with van der Waals surface area (Å²) in [5.74, 6) is -0.913. The zero-order valence-electron chi connectivity index (χ0n) is 22.5. The quantitative estimate of drug-likeness (QED) is 0.137. The minimum Gasteiger partial charge on any atom is -0.415 e. The average molecular weight is 601 g/mol. The summed E-state index contributed by atoms with van der Waals surface area (Å²) in [4.78, 5) is 0. The third kappa shape index (κ3) is 7.11. The van der Waals surface area contributed by atoms with Crippen LogP contribution < -0.4 is 29.6 Å². The van der Waals surface area contributed by atoms with Gasteiger partial charge in [0.25, 0.3) is 0 Å². The molecule has 0 spiro atoms. The van der Waals surface area contributed by atoms with E-state index < -0.39 is 26.8 Å². The lowest BCUT2D eigenvalue weighted by molar-refractivity contribution is 0.371. The number of nitrogens with two attached hydrogens (primary N) is 2. The first-order chi connectivity index (χ1) is 20.3. The molecule has 0 saturated carbocycles. The first-order valence-corrected chi connectivity index (χ1v) is 16.4. The molecule has 4 N–H and O–H groups in total. The fourth-order valence-electron chi connectivity index (χ4n) is 4.03. The van der Waals surface area contributed by atoms with Gasteiger partial charge in [0.1, 0.15) is 23.0 Å². The maximum atomic E-state index is 14.2. The van der Waals surface area contributed by atoms with Gasteiger partial charge in [-0.25, -0.2) is 9.13 Å². The molecule has 8 nitrogen and oxygen atoms in total. The molecule has 42 heavy (non-hydrogen) atoms. The molecule has 5 aromatic carbocycles. The molecule has 5 aromatic rings. The van der Waals surface area contributed by atoms with Crippen LogP contribution >= 0.6 is 15.2 Å². The lowest BCUT2D eigenvalue weighted by Crippen LogP contribution is -2.20. The first-order valence-electron chi connectivity index (χ1n) is 13.1. The Bertz CT molecular complexity index is 1440. The van der Waals surface area contributed by atoms with Gasteiger partial charge in [-0.1, -0.05) is 97.1 Å². The van der Waals surface area contributed by atoms with Crippen molar-refractivity contribution >= 4 is 15.2 Å². The van der Waals surface area contributed by atoms with E-state index in [0.29, 0.717) is 34.1 Å². The summed E-state index contributed by atoms with van der Waals surface area (Å²) in [7, 11) is -7.99. The summed E-state index contributed by atoms with van der Waals surface area (Å²) in [5, 5.41) is 0. The number of benzene rings is 5. The summed E-state index contributed by atoms with van der Waals surface area (Å²) in [6, 6.07) is 41.3. The van der Waals surface area contributed by atoms with Crippen LogP contribution in [0.15, 0.2) is 146 Å². The second-order valence-electron chi connectivity index (χ2n) is 9.25. The van der Waals surface area contributed by atoms with Crippen molar-refractivity contribution in [2.24, 2.45) is 11.5 Å². The molecule has 5 rings (SSSR count). The number of hydrogen-bond acceptors (Lipinski definition) is 8. The van der Waals surface area contributed by atoms with E-state index in [9.17, 15) is 9.13 Å². The SMILES string of the molecule is NC(c1ccc(C(N)P(=O)(Oc2ccccc2)Oc2ccccc2)cc1)P(=O)(Oc1ccccc1)Oc1ccccc1. The van der Waals surface area contributed by atoms with E-state index in [1.807, 2.05) is 24.3 Å². The Hall–Kier alpha value is -4.32. The topological polar surface area (TPSA) is 123 Å². The third-order valence-corrected chi connectivity index (χ3v) is 10.0. The summed E-state index contributed by atoms with van der Waals surface area (Å²) in [5.41, 5.74) is 14.0. The molecule has 0 aliphatic rings. The van der Waals surface area contributed by atoms with Gasteiger partial charge in [-0.3, -0.25) is 0 Å². The van der Waals surface area contributed by atoms with Gasteiger partial charge < -0.3 is 29.6 Å². The van der Waals surface area contributed by atoms with Crippen LogP contribution in [0.4, 0.5) is 0 Å². The van der Waals surface area contributed by atoms with Gasteiger partial charge >= 0.3 is 15.2 Å². The largest absolute Gasteiger partial charge is 0.451 e. The van der Waals surface area contributed by atoms with Crippen LogP contribution in [0.2, 0.25) is 0 Å². The van der Waals surface area contributed by atoms with Crippen molar-refractivity contribution in [3.8, 4) is 23.0 Å². The zero-order chi connectivity index (χ0) is 29.4. The van der Waals surface area contributed by atoms with E-state index in [1.54, 1.807) is 121 Å². The molecule has 0 bridgehead atoms. The number of para-hydroxylation sites is 4. The molecule has 0 amide bonds. The molecule has 0 fully saturated rings. The molecule has 2 atom stereocenters. The minimum atomic E-state index is -4.00. The van der Waals surface area contributed by atoms with Gasteiger partial charge in [-0.05, 0) is 59.7 Å². The molecule has 2 unspecified atom stereocenters. The van der Waals surface area contributed by atoms with E-state index in [1.165, 1.54) is 0 Å². The third-order valence-electron chi connectivity index (χ3n) is 6.20. The fourth-order valence-corrected chi connectivity index (χ4v) is 7.30. The Kier molecular flexibility index (Phi) is 9.11. The maximum absolute atomic E-state index is 14.2. The highest BCUT2D eigenvalue weighted by Crippen LogP contribution is 2.59. The number of rotatable bonds is 12. The van der Waals surface area contributed by atoms with E-state index in [2.05, 4.69) is 0 Å². The van der Waals surface area contributed by atoms with Crippen molar-refractivity contribution in [2.45, 2.75) is 11.6 Å². The van der Waals surface area contributed by atoms with Crippen LogP contribution in [0, 0.1) is 0 Å². The molecule has 0 saturated heterocycles. The average Bonchev–Trinajstić information content (AvgIpc) is 3.02. The summed E-state index contributed by atoms with van der Waals surface area (Å²) in [6.07, 6.45) is 0. The second kappa shape index (κ2) is 13.1. The van der Waals surface area contributed by atoms with Crippen molar-refractivity contribution in [1.82, 2.24) is 0 Å². The van der Waals surface area contributed by atoms with Crippen LogP contribution in [-0.2, 0) is 9.13 Å². The molecule has 0 aliphatic carbocycles. The summed E-state index contributed by atoms with van der Waals surface area (Å²) >= 11 is 0. The zero-order valence-corrected chi connectivity index (χ0v) is 24.3. The van der Waals surface area contributed by atoms with E-state index in [-0.39, 0.29) is 0 Å². The molecule has 0 aromatic heterocycles. The fraction of sp³-hybridized carbons (Fsp3) is 0.0625. The summed E-state index contributed by atoms with van der Waals surface area (Å²) < 4.78 is 51.9. The molecule has 10 heteroatoms. The summed E-state index contributed by atoms with van der Waals surface area (Å²) in [6.45, 7) is 0. The smallest absolute Gasteiger partial charge is 0.415 e. The highest BCUT2D eigenvalue weighted by Gasteiger charge is 2.40. The normalized spacial score (nSPS) is 13.0. The predicted molar refractivity (Wildman–Crippen MR) is 164 cm³/mol. The van der Waals surface area contributed by atoms with Crippen molar-refractivity contribution in [3.05, 3.63) is 157 Å². The van der Waals surface area contributed by atoms with Gasteiger partial charge in [0.05, 0.1) is 0 Å². The van der Waals surface area contributed by atoms with Crippen LogP contribution in [0.5, 0.6) is 23.0 Å². The molecular weight excluding hydrogens is 570 g/mol. The Morgan fingerprint density at radius 3 is 0.810 bits per heavy atom. The Morgan fingerprint density at radius 2 is 0.595 bits per heavy atom. The van der Waals surface area contributed by atoms with E-state index in [0.717, 1.165) is 0 Å². The van der Waals surface area contributed by atoms with E-state index >= 15 is 0 Å². The van der Waals surface area contributed by atoms with Gasteiger partial charge in [0.2, 0.25) is 0 Å². The molecule has 214 valence electrons. The Labute approximate surface area is 244 Å². The predicted octanol–water partition coefficient (Wildman–Crippen LogP) is 8.30. The Morgan fingerprint density at radius 1 is 0.381 bits per heavy atom. The molecule has 0 aliphatic heterocycles. The number of hydrogen-bond donors (Lipinski definition) is 2. The Balaban J connectivity index is 1.43. The van der Waals surface area contributed by atoms with Crippen molar-refractivity contribution < 1.29 is 27.2 Å². The highest BCUT2D eigenvalue weighted by molar-refractivity contribution is 7.55. The standard InChI is InChI=1S/C32H30N2O6P2/c33-31(41(35,37-27-13-5-1-6-14-27)38-28-15-7-2-8-16-28)25-21-23-26(24-22-25)32(34)42(36,39-29-17-9-3-10-18-29)40-30-19-11-4-12-20-30/h1-24,31-32H,33-34H2. The van der Waals surface area contributed by atoms with Crippen molar-refractivity contribution in [1.29, 1.82) is 0 Å². The lowest BCUT2D eigenvalue weighted by Gasteiger charge is -2.27. The van der Waals surface area contributed by atoms with Gasteiger partial charge in [-0.2, -0.15) is 0 Å². The second-order valence-corrected chi connectivity index (χ2v) is 13.3. The molecule has 0 radical (unpaired) electrons. The van der Waals surface area contributed by atoms with Crippen LogP contribution in [0.1, 0.15) is 22.7 Å². The van der Waals surface area contributed by atoms with E-state index in [4.69, 9.17) is 29.6 Å². The van der Waals surface area contributed by atoms with Crippen molar-refractivity contribution in [3.63, 3.8) is 0 Å². The highest BCUT2D eigenvalue weighted by atomic mass is 31.2. The molecule has 0 heterocycles. The lowest BCUT2D eigenvalue weighted by atomic mass is 10.1. The van der Waals surface area contributed by atoms with Crippen LogP contribution in [0.3, 0.4) is 0 Å². The monoisotopic (exact) mass is 600 g/mol. The van der Waals surface area contributed by atoms with Crippen LogP contribution in [-0.4, -0.2) is 0 Å². The maximum Gasteiger partial charge on any atom is 0.451 e. The van der Waals surface area contributed by atoms with Crippen molar-refractivity contribution in [2.75, 3.05) is 0 Å². The van der Waals surface area contributed by atoms with Gasteiger partial charge in [0, 0.05) is 0 Å². The van der Waals surface area contributed by atoms with Gasteiger partial charge in [-0.15, -0.1) is 0 Å². The minimum absolute atomic E-state index is 0.350.